The molecule has 0 saturated heterocycles. The second kappa shape index (κ2) is 6.41. The van der Waals surface area contributed by atoms with Gasteiger partial charge in [0.05, 0.1) is 12.0 Å². The van der Waals surface area contributed by atoms with Crippen LogP contribution in [-0.2, 0) is 4.79 Å². The summed E-state index contributed by atoms with van der Waals surface area (Å²) in [5.74, 6) is 0.218. The minimum Gasteiger partial charge on any atom is -0.356 e. The van der Waals surface area contributed by atoms with Crippen molar-refractivity contribution >= 4 is 5.91 Å². The largest absolute Gasteiger partial charge is 0.356 e. The fraction of sp³-hybridized carbons (Fsp3) is 0.818. The lowest BCUT2D eigenvalue weighted by Crippen LogP contribution is -2.35. The number of carbonyl (C=O) groups is 1. The van der Waals surface area contributed by atoms with Crippen LogP contribution in [0.15, 0.2) is 0 Å². The predicted molar refractivity (Wildman–Crippen MR) is 58.0 cm³/mol. The lowest BCUT2D eigenvalue weighted by Gasteiger charge is -2.14. The van der Waals surface area contributed by atoms with Gasteiger partial charge >= 0.3 is 0 Å². The Morgan fingerprint density at radius 1 is 1.53 bits per heavy atom. The highest BCUT2D eigenvalue weighted by Gasteiger charge is 2.26. The molecule has 0 aromatic heterocycles. The Morgan fingerprint density at radius 3 is 3.00 bits per heavy atom. The zero-order chi connectivity index (χ0) is 11.1. The molecule has 0 aliphatic heterocycles. The smallest absolute Gasteiger partial charge is 0.221 e. The Hall–Kier alpha value is -1.08. The summed E-state index contributed by atoms with van der Waals surface area (Å²) in [6.07, 6.45) is 3.68. The second-order valence-electron chi connectivity index (χ2n) is 3.93. The molecule has 0 spiro atoms. The molecule has 2 N–H and O–H groups in total. The summed E-state index contributed by atoms with van der Waals surface area (Å²) in [4.78, 5) is 11.2. The third-order valence-corrected chi connectivity index (χ3v) is 2.81. The number of nitriles is 1. The third kappa shape index (κ3) is 3.88. The summed E-state index contributed by atoms with van der Waals surface area (Å²) in [7, 11) is 0. The maximum absolute atomic E-state index is 11.2. The first-order valence-electron chi connectivity index (χ1n) is 5.67. The van der Waals surface area contributed by atoms with Crippen molar-refractivity contribution in [1.82, 2.24) is 10.6 Å². The molecule has 1 amide bonds. The predicted octanol–water partition coefficient (Wildman–Crippen LogP) is 0.794. The van der Waals surface area contributed by atoms with Crippen molar-refractivity contribution in [2.75, 3.05) is 13.1 Å². The van der Waals surface area contributed by atoms with Crippen LogP contribution in [-0.4, -0.2) is 25.0 Å². The summed E-state index contributed by atoms with van der Waals surface area (Å²) in [5, 5.41) is 14.9. The van der Waals surface area contributed by atoms with Gasteiger partial charge in [-0.05, 0) is 19.8 Å². The van der Waals surface area contributed by atoms with E-state index in [0.717, 1.165) is 19.3 Å². The summed E-state index contributed by atoms with van der Waals surface area (Å²) >= 11 is 0. The number of hydrogen-bond acceptors (Lipinski definition) is 3. The van der Waals surface area contributed by atoms with E-state index in [9.17, 15) is 4.79 Å². The molecule has 1 aliphatic carbocycles. The van der Waals surface area contributed by atoms with Gasteiger partial charge in [-0.15, -0.1) is 0 Å². The van der Waals surface area contributed by atoms with Crippen LogP contribution >= 0.6 is 0 Å². The van der Waals surface area contributed by atoms with Crippen LogP contribution in [0.1, 0.15) is 32.6 Å². The van der Waals surface area contributed by atoms with E-state index in [4.69, 9.17) is 5.26 Å². The molecule has 0 aromatic carbocycles. The fourth-order valence-electron chi connectivity index (χ4n) is 2.02. The SMILES string of the molecule is CCNC(=O)CCNC1CCCC1C#N. The van der Waals surface area contributed by atoms with Crippen molar-refractivity contribution in [3.63, 3.8) is 0 Å². The van der Waals surface area contributed by atoms with E-state index in [1.54, 1.807) is 0 Å². The summed E-state index contributed by atoms with van der Waals surface area (Å²) in [6.45, 7) is 3.27. The number of hydrogen-bond donors (Lipinski definition) is 2. The molecule has 84 valence electrons. The number of amides is 1. The molecule has 4 nitrogen and oxygen atoms in total. The zero-order valence-corrected chi connectivity index (χ0v) is 9.25. The minimum absolute atomic E-state index is 0.0801. The van der Waals surface area contributed by atoms with Crippen LogP contribution in [0.3, 0.4) is 0 Å². The molecule has 1 aliphatic rings. The van der Waals surface area contributed by atoms with Crippen molar-refractivity contribution in [3.8, 4) is 6.07 Å². The average molecular weight is 209 g/mol. The summed E-state index contributed by atoms with van der Waals surface area (Å²) < 4.78 is 0. The fourth-order valence-corrected chi connectivity index (χ4v) is 2.02. The van der Waals surface area contributed by atoms with E-state index in [0.29, 0.717) is 25.6 Å². The number of carbonyl (C=O) groups excluding carboxylic acids is 1. The molecule has 15 heavy (non-hydrogen) atoms. The standard InChI is InChI=1S/C11H19N3O/c1-2-13-11(15)6-7-14-10-5-3-4-9(10)8-12/h9-10,14H,2-7H2,1H3,(H,13,15). The molecule has 0 bridgehead atoms. The second-order valence-corrected chi connectivity index (χ2v) is 3.93. The Bertz CT molecular complexity index is 247. The van der Waals surface area contributed by atoms with Crippen molar-refractivity contribution < 1.29 is 4.79 Å². The van der Waals surface area contributed by atoms with Gasteiger partial charge in [0.2, 0.25) is 5.91 Å². The number of nitrogens with zero attached hydrogens (tertiary/aromatic N) is 1. The zero-order valence-electron chi connectivity index (χ0n) is 9.25. The van der Waals surface area contributed by atoms with Crippen LogP contribution in [0.5, 0.6) is 0 Å². The van der Waals surface area contributed by atoms with Crippen LogP contribution < -0.4 is 10.6 Å². The maximum atomic E-state index is 11.2. The van der Waals surface area contributed by atoms with Gasteiger partial charge in [-0.2, -0.15) is 5.26 Å². The average Bonchev–Trinajstić information content (AvgIpc) is 2.66. The lowest BCUT2D eigenvalue weighted by atomic mass is 10.1. The van der Waals surface area contributed by atoms with Crippen molar-refractivity contribution in [3.05, 3.63) is 0 Å². The van der Waals surface area contributed by atoms with Gasteiger partial charge in [0.25, 0.3) is 0 Å². The number of nitrogens with one attached hydrogen (secondary N) is 2. The van der Waals surface area contributed by atoms with E-state index in [1.165, 1.54) is 0 Å². The summed E-state index contributed by atoms with van der Waals surface area (Å²) in [5.41, 5.74) is 0. The first-order chi connectivity index (χ1) is 7.27. The Morgan fingerprint density at radius 2 is 2.33 bits per heavy atom. The van der Waals surface area contributed by atoms with Gasteiger partial charge < -0.3 is 10.6 Å². The topological polar surface area (TPSA) is 64.9 Å². The maximum Gasteiger partial charge on any atom is 0.221 e. The highest BCUT2D eigenvalue weighted by atomic mass is 16.1. The normalized spacial score (nSPS) is 24.8. The molecule has 0 aromatic rings. The van der Waals surface area contributed by atoms with Crippen molar-refractivity contribution in [2.45, 2.75) is 38.6 Å². The molecular formula is C11H19N3O. The Labute approximate surface area is 91.0 Å². The highest BCUT2D eigenvalue weighted by Crippen LogP contribution is 2.24. The minimum atomic E-state index is 0.0801. The molecule has 1 saturated carbocycles. The molecule has 2 atom stereocenters. The van der Waals surface area contributed by atoms with Gasteiger partial charge in [0.15, 0.2) is 0 Å². The van der Waals surface area contributed by atoms with Crippen LogP contribution in [0.25, 0.3) is 0 Å². The monoisotopic (exact) mass is 209 g/mol. The van der Waals surface area contributed by atoms with Crippen LogP contribution in [0.4, 0.5) is 0 Å². The van der Waals surface area contributed by atoms with Gasteiger partial charge in [-0.1, -0.05) is 6.42 Å². The third-order valence-electron chi connectivity index (χ3n) is 2.81. The molecule has 4 heteroatoms. The lowest BCUT2D eigenvalue weighted by molar-refractivity contribution is -0.120. The van der Waals surface area contributed by atoms with Gasteiger partial charge in [0, 0.05) is 25.6 Å². The van der Waals surface area contributed by atoms with E-state index < -0.39 is 0 Å². The van der Waals surface area contributed by atoms with E-state index in [2.05, 4.69) is 16.7 Å². The van der Waals surface area contributed by atoms with Crippen LogP contribution in [0.2, 0.25) is 0 Å². The molecule has 1 fully saturated rings. The van der Waals surface area contributed by atoms with Gasteiger partial charge in [-0.3, -0.25) is 4.79 Å². The Balaban J connectivity index is 2.15. The molecule has 2 unspecified atom stereocenters. The molecule has 0 heterocycles. The van der Waals surface area contributed by atoms with Crippen LogP contribution in [0, 0.1) is 17.2 Å². The first-order valence-corrected chi connectivity index (χ1v) is 5.67. The molecule has 1 rings (SSSR count). The quantitative estimate of drug-likeness (QED) is 0.703. The number of rotatable bonds is 5. The first kappa shape index (κ1) is 12.0. The highest BCUT2D eigenvalue weighted by molar-refractivity contribution is 5.75. The van der Waals surface area contributed by atoms with E-state index in [1.807, 2.05) is 6.92 Å². The van der Waals surface area contributed by atoms with E-state index >= 15 is 0 Å². The van der Waals surface area contributed by atoms with E-state index in [-0.39, 0.29) is 11.8 Å². The van der Waals surface area contributed by atoms with Crippen molar-refractivity contribution in [2.24, 2.45) is 5.92 Å². The van der Waals surface area contributed by atoms with Crippen molar-refractivity contribution in [1.29, 1.82) is 5.26 Å². The Kier molecular flexibility index (Phi) is 5.13. The van der Waals surface area contributed by atoms with Gasteiger partial charge in [0.1, 0.15) is 0 Å². The summed E-state index contributed by atoms with van der Waals surface area (Å²) in [6, 6.07) is 2.61. The molecule has 0 radical (unpaired) electrons. The van der Waals surface area contributed by atoms with Gasteiger partial charge in [-0.25, -0.2) is 0 Å². The molecular weight excluding hydrogens is 190 g/mol.